The Kier molecular flexibility index (Phi) is 5.88. The number of nitrogens with zero attached hydrogens (tertiary/aromatic N) is 2. The first-order valence-electron chi connectivity index (χ1n) is 9.27. The maximum atomic E-state index is 13.2. The number of benzene rings is 3. The van der Waals surface area contributed by atoms with Crippen LogP contribution in [0.1, 0.15) is 21.5 Å². The highest BCUT2D eigenvalue weighted by molar-refractivity contribution is 7.98. The van der Waals surface area contributed by atoms with Crippen molar-refractivity contribution in [1.29, 1.82) is 0 Å². The molecule has 3 aromatic carbocycles. The summed E-state index contributed by atoms with van der Waals surface area (Å²) in [6.07, 6.45) is 0. The van der Waals surface area contributed by atoms with Crippen LogP contribution in [0.15, 0.2) is 82.7 Å². The molecule has 2 N–H and O–H groups in total. The minimum absolute atomic E-state index is 0.105. The number of halogens is 1. The van der Waals surface area contributed by atoms with E-state index >= 15 is 0 Å². The van der Waals surface area contributed by atoms with Crippen LogP contribution in [0, 0.1) is 0 Å². The molecule has 150 valence electrons. The van der Waals surface area contributed by atoms with Crippen molar-refractivity contribution in [3.8, 4) is 0 Å². The molecule has 7 heteroatoms. The largest absolute Gasteiger partial charge is 0.366 e. The third-order valence-electron chi connectivity index (χ3n) is 4.72. The molecule has 0 unspecified atom stereocenters. The van der Waals surface area contributed by atoms with E-state index in [4.69, 9.17) is 22.3 Å². The van der Waals surface area contributed by atoms with Crippen molar-refractivity contribution in [1.82, 2.24) is 9.55 Å². The van der Waals surface area contributed by atoms with Crippen molar-refractivity contribution in [2.45, 2.75) is 17.5 Å². The first-order valence-corrected chi connectivity index (χ1v) is 10.6. The normalized spacial score (nSPS) is 11.0. The molecule has 0 atom stereocenters. The van der Waals surface area contributed by atoms with Crippen LogP contribution >= 0.6 is 23.4 Å². The number of carbonyl (C=O) groups excluding carboxylic acids is 1. The topological polar surface area (TPSA) is 78.0 Å². The quantitative estimate of drug-likeness (QED) is 0.357. The van der Waals surface area contributed by atoms with E-state index in [1.807, 2.05) is 54.6 Å². The van der Waals surface area contributed by atoms with Crippen molar-refractivity contribution in [3.63, 3.8) is 0 Å². The number of amides is 1. The van der Waals surface area contributed by atoms with Gasteiger partial charge in [0.25, 0.3) is 5.56 Å². The first kappa shape index (κ1) is 20.2. The molecule has 0 spiro atoms. The molecular weight excluding hydrogens is 418 g/mol. The second-order valence-electron chi connectivity index (χ2n) is 6.74. The molecule has 0 aliphatic rings. The minimum Gasteiger partial charge on any atom is -0.366 e. The van der Waals surface area contributed by atoms with Gasteiger partial charge in [-0.05, 0) is 41.5 Å². The average Bonchev–Trinajstić information content (AvgIpc) is 2.76. The van der Waals surface area contributed by atoms with Gasteiger partial charge in [0.2, 0.25) is 5.91 Å². The summed E-state index contributed by atoms with van der Waals surface area (Å²) in [7, 11) is 0. The maximum absolute atomic E-state index is 13.2. The predicted octanol–water partition coefficient (Wildman–Crippen LogP) is 4.49. The fourth-order valence-corrected chi connectivity index (χ4v) is 4.26. The molecule has 0 radical (unpaired) electrons. The molecule has 1 aromatic heterocycles. The van der Waals surface area contributed by atoms with Gasteiger partial charge in [0, 0.05) is 16.3 Å². The molecular formula is C23H18ClN3O2S. The molecule has 0 saturated heterocycles. The number of primary amides is 1. The number of aromatic nitrogens is 2. The number of thioether (sulfide) groups is 1. The van der Waals surface area contributed by atoms with Crippen molar-refractivity contribution in [2.24, 2.45) is 5.73 Å². The highest BCUT2D eigenvalue weighted by Crippen LogP contribution is 2.24. The second-order valence-corrected chi connectivity index (χ2v) is 8.09. The van der Waals surface area contributed by atoms with Gasteiger partial charge in [0.05, 0.1) is 17.4 Å². The van der Waals surface area contributed by atoms with Crippen LogP contribution in [0.4, 0.5) is 0 Å². The summed E-state index contributed by atoms with van der Waals surface area (Å²) in [5.74, 6) is 0.130. The number of rotatable bonds is 6. The van der Waals surface area contributed by atoms with Crippen LogP contribution < -0.4 is 11.3 Å². The zero-order valence-corrected chi connectivity index (χ0v) is 17.5. The van der Waals surface area contributed by atoms with Crippen molar-refractivity contribution < 1.29 is 4.79 Å². The summed E-state index contributed by atoms with van der Waals surface area (Å²) >= 11 is 7.79. The van der Waals surface area contributed by atoms with Gasteiger partial charge in [0.1, 0.15) is 0 Å². The van der Waals surface area contributed by atoms with Crippen LogP contribution in [-0.4, -0.2) is 15.5 Å². The smallest absolute Gasteiger partial charge is 0.262 e. The number of hydrogen-bond acceptors (Lipinski definition) is 4. The zero-order chi connectivity index (χ0) is 21.1. The Morgan fingerprint density at radius 2 is 1.70 bits per heavy atom. The molecule has 4 aromatic rings. The Morgan fingerprint density at radius 1 is 1.00 bits per heavy atom. The number of hydrogen-bond donors (Lipinski definition) is 1. The van der Waals surface area contributed by atoms with Gasteiger partial charge in [-0.15, -0.1) is 0 Å². The summed E-state index contributed by atoms with van der Waals surface area (Å²) in [6, 6.07) is 21.9. The van der Waals surface area contributed by atoms with Gasteiger partial charge in [-0.3, -0.25) is 14.2 Å². The van der Waals surface area contributed by atoms with Crippen LogP contribution in [0.25, 0.3) is 10.9 Å². The Morgan fingerprint density at radius 3 is 2.43 bits per heavy atom. The molecule has 0 aliphatic heterocycles. The van der Waals surface area contributed by atoms with Crippen molar-refractivity contribution in [3.05, 3.63) is 105 Å². The van der Waals surface area contributed by atoms with Crippen LogP contribution in [-0.2, 0) is 12.3 Å². The molecule has 1 heterocycles. The Bertz CT molecular complexity index is 1290. The third kappa shape index (κ3) is 4.25. The molecule has 1 amide bonds. The summed E-state index contributed by atoms with van der Waals surface area (Å²) in [5.41, 5.74) is 8.16. The van der Waals surface area contributed by atoms with E-state index in [1.54, 1.807) is 22.8 Å². The van der Waals surface area contributed by atoms with E-state index in [1.165, 1.54) is 11.8 Å². The van der Waals surface area contributed by atoms with E-state index in [2.05, 4.69) is 0 Å². The Balaban J connectivity index is 1.71. The SMILES string of the molecule is NC(=O)c1ccc(CSc2nc3ccccc3c(=O)n2Cc2ccccc2Cl)cc1. The maximum Gasteiger partial charge on any atom is 0.262 e. The lowest BCUT2D eigenvalue weighted by Crippen LogP contribution is -2.24. The highest BCUT2D eigenvalue weighted by Gasteiger charge is 2.13. The van der Waals surface area contributed by atoms with E-state index in [0.717, 1.165) is 11.1 Å². The summed E-state index contributed by atoms with van der Waals surface area (Å²) in [6.45, 7) is 0.333. The Labute approximate surface area is 182 Å². The van der Waals surface area contributed by atoms with Crippen LogP contribution in [0.5, 0.6) is 0 Å². The summed E-state index contributed by atoms with van der Waals surface area (Å²) in [4.78, 5) is 29.2. The van der Waals surface area contributed by atoms with Crippen LogP contribution in [0.2, 0.25) is 5.02 Å². The van der Waals surface area contributed by atoms with Gasteiger partial charge in [-0.1, -0.05) is 65.8 Å². The van der Waals surface area contributed by atoms with Crippen LogP contribution in [0.3, 0.4) is 0 Å². The number of carbonyl (C=O) groups is 1. The van der Waals surface area contributed by atoms with Crippen molar-refractivity contribution >= 4 is 40.2 Å². The minimum atomic E-state index is -0.459. The summed E-state index contributed by atoms with van der Waals surface area (Å²) in [5, 5.41) is 1.79. The van der Waals surface area contributed by atoms with Gasteiger partial charge in [-0.2, -0.15) is 0 Å². The molecule has 4 rings (SSSR count). The molecule has 0 aliphatic carbocycles. The summed E-state index contributed by atoms with van der Waals surface area (Å²) < 4.78 is 1.66. The first-order chi connectivity index (χ1) is 14.5. The zero-order valence-electron chi connectivity index (χ0n) is 15.9. The lowest BCUT2D eigenvalue weighted by Gasteiger charge is -2.14. The number of fused-ring (bicyclic) bond motifs is 1. The van der Waals surface area contributed by atoms with Gasteiger partial charge >= 0.3 is 0 Å². The lowest BCUT2D eigenvalue weighted by atomic mass is 10.1. The number of para-hydroxylation sites is 1. The van der Waals surface area contributed by atoms with Gasteiger partial charge in [0.15, 0.2) is 5.16 Å². The van der Waals surface area contributed by atoms with Crippen molar-refractivity contribution in [2.75, 3.05) is 0 Å². The fourth-order valence-electron chi connectivity index (χ4n) is 3.11. The molecule has 0 bridgehead atoms. The Hall–Kier alpha value is -3.09. The third-order valence-corrected chi connectivity index (χ3v) is 6.14. The molecule has 0 saturated carbocycles. The highest BCUT2D eigenvalue weighted by atomic mass is 35.5. The molecule has 30 heavy (non-hydrogen) atoms. The van der Waals surface area contributed by atoms with E-state index in [9.17, 15) is 9.59 Å². The van der Waals surface area contributed by atoms with E-state index in [-0.39, 0.29) is 5.56 Å². The van der Waals surface area contributed by atoms with E-state index in [0.29, 0.717) is 38.9 Å². The standard InChI is InChI=1S/C23H18ClN3O2S/c24-19-7-3-1-5-17(19)13-27-22(29)18-6-2-4-8-20(18)26-23(27)30-14-15-9-11-16(12-10-15)21(25)28/h1-12H,13-14H2,(H2,25,28). The number of nitrogens with two attached hydrogens (primary N) is 1. The predicted molar refractivity (Wildman–Crippen MR) is 121 cm³/mol. The van der Waals surface area contributed by atoms with Gasteiger partial charge in [-0.25, -0.2) is 4.98 Å². The molecule has 0 fully saturated rings. The monoisotopic (exact) mass is 435 g/mol. The van der Waals surface area contributed by atoms with E-state index < -0.39 is 5.91 Å². The average molecular weight is 436 g/mol. The second kappa shape index (κ2) is 8.73. The lowest BCUT2D eigenvalue weighted by molar-refractivity contribution is 0.100. The molecule has 5 nitrogen and oxygen atoms in total. The fraction of sp³-hybridized carbons (Fsp3) is 0.0870. The van der Waals surface area contributed by atoms with Gasteiger partial charge < -0.3 is 5.73 Å².